The van der Waals surface area contributed by atoms with Crippen LogP contribution in [0.5, 0.6) is 0 Å². The third-order valence-corrected chi connectivity index (χ3v) is 3.41. The molecule has 0 radical (unpaired) electrons. The Kier molecular flexibility index (Phi) is 7.02. The van der Waals surface area contributed by atoms with E-state index in [1.807, 2.05) is 20.8 Å². The number of thioether (sulfide) groups is 1. The lowest BCUT2D eigenvalue weighted by Gasteiger charge is -2.28. The molecular weight excluding hydrogens is 210 g/mol. The summed E-state index contributed by atoms with van der Waals surface area (Å²) in [6, 6.07) is 0. The quantitative estimate of drug-likeness (QED) is 0.683. The lowest BCUT2D eigenvalue weighted by Crippen LogP contribution is -2.52. The van der Waals surface area contributed by atoms with E-state index in [1.54, 1.807) is 11.8 Å². The predicted molar refractivity (Wildman–Crippen MR) is 66.3 cm³/mol. The SMILES string of the molecule is CCNC(C)(CSC(C)C)C(=O)OCC. The summed E-state index contributed by atoms with van der Waals surface area (Å²) in [4.78, 5) is 11.8. The van der Waals surface area contributed by atoms with Crippen molar-refractivity contribution in [3.8, 4) is 0 Å². The molecule has 0 aromatic rings. The maximum atomic E-state index is 11.8. The van der Waals surface area contributed by atoms with Gasteiger partial charge in [0.15, 0.2) is 0 Å². The molecule has 0 aromatic heterocycles. The Labute approximate surface area is 97.3 Å². The molecular formula is C11H23NO2S. The molecule has 0 aliphatic carbocycles. The second-order valence-electron chi connectivity index (χ2n) is 3.94. The highest BCUT2D eigenvalue weighted by molar-refractivity contribution is 7.99. The van der Waals surface area contributed by atoms with Crippen LogP contribution in [0.15, 0.2) is 0 Å². The van der Waals surface area contributed by atoms with E-state index in [0.29, 0.717) is 11.9 Å². The Hall–Kier alpha value is -0.220. The van der Waals surface area contributed by atoms with Gasteiger partial charge in [-0.1, -0.05) is 20.8 Å². The van der Waals surface area contributed by atoms with Crippen molar-refractivity contribution in [3.05, 3.63) is 0 Å². The summed E-state index contributed by atoms with van der Waals surface area (Å²) in [6.07, 6.45) is 0. The monoisotopic (exact) mass is 233 g/mol. The van der Waals surface area contributed by atoms with Crippen LogP contribution in [0, 0.1) is 0 Å². The summed E-state index contributed by atoms with van der Waals surface area (Å²) in [5.41, 5.74) is -0.556. The smallest absolute Gasteiger partial charge is 0.326 e. The minimum atomic E-state index is -0.556. The molecule has 0 aliphatic rings. The Balaban J connectivity index is 4.36. The average Bonchev–Trinajstić information content (AvgIpc) is 2.15. The van der Waals surface area contributed by atoms with E-state index in [1.165, 1.54) is 0 Å². The van der Waals surface area contributed by atoms with E-state index in [4.69, 9.17) is 4.74 Å². The summed E-state index contributed by atoms with van der Waals surface area (Å²) in [5.74, 6) is 0.595. The zero-order chi connectivity index (χ0) is 11.9. The Morgan fingerprint density at radius 1 is 1.47 bits per heavy atom. The standard InChI is InChI=1S/C11H23NO2S/c1-6-12-11(5,8-15-9(3)4)10(13)14-7-2/h9,12H,6-8H2,1-5H3. The minimum Gasteiger partial charge on any atom is -0.465 e. The first-order chi connectivity index (χ1) is 6.96. The zero-order valence-corrected chi connectivity index (χ0v) is 11.2. The van der Waals surface area contributed by atoms with Gasteiger partial charge in [0, 0.05) is 5.75 Å². The second kappa shape index (κ2) is 7.12. The van der Waals surface area contributed by atoms with Crippen molar-refractivity contribution < 1.29 is 9.53 Å². The number of hydrogen-bond donors (Lipinski definition) is 1. The normalized spacial score (nSPS) is 15.1. The Bertz CT molecular complexity index is 197. The summed E-state index contributed by atoms with van der Waals surface area (Å²) in [7, 11) is 0. The third kappa shape index (κ3) is 5.42. The first-order valence-electron chi connectivity index (χ1n) is 5.50. The van der Waals surface area contributed by atoms with Crippen LogP contribution in [0.2, 0.25) is 0 Å². The zero-order valence-electron chi connectivity index (χ0n) is 10.4. The molecule has 0 saturated carbocycles. The van der Waals surface area contributed by atoms with E-state index >= 15 is 0 Å². The van der Waals surface area contributed by atoms with Crippen LogP contribution >= 0.6 is 11.8 Å². The van der Waals surface area contributed by atoms with Gasteiger partial charge in [-0.15, -0.1) is 0 Å². The molecule has 0 spiro atoms. The summed E-state index contributed by atoms with van der Waals surface area (Å²) in [5, 5.41) is 3.73. The molecule has 1 N–H and O–H groups in total. The van der Waals surface area contributed by atoms with Crippen LogP contribution in [0.1, 0.15) is 34.6 Å². The number of rotatable bonds is 7. The van der Waals surface area contributed by atoms with Gasteiger partial charge < -0.3 is 10.1 Å². The van der Waals surface area contributed by atoms with Gasteiger partial charge in [-0.3, -0.25) is 4.79 Å². The van der Waals surface area contributed by atoms with Crippen molar-refractivity contribution in [2.45, 2.75) is 45.4 Å². The molecule has 4 heteroatoms. The van der Waals surface area contributed by atoms with Crippen LogP contribution in [0.4, 0.5) is 0 Å². The Morgan fingerprint density at radius 3 is 2.47 bits per heavy atom. The van der Waals surface area contributed by atoms with Crippen molar-refractivity contribution in [1.29, 1.82) is 0 Å². The van der Waals surface area contributed by atoms with Crippen LogP contribution in [-0.4, -0.2) is 35.7 Å². The fourth-order valence-electron chi connectivity index (χ4n) is 1.20. The molecule has 0 aliphatic heterocycles. The van der Waals surface area contributed by atoms with E-state index in [9.17, 15) is 4.79 Å². The first kappa shape index (κ1) is 14.8. The number of carbonyl (C=O) groups is 1. The molecule has 90 valence electrons. The van der Waals surface area contributed by atoms with Gasteiger partial charge in [0.25, 0.3) is 0 Å². The number of esters is 1. The third-order valence-electron chi connectivity index (χ3n) is 2.00. The average molecular weight is 233 g/mol. The van der Waals surface area contributed by atoms with Crippen molar-refractivity contribution in [1.82, 2.24) is 5.32 Å². The topological polar surface area (TPSA) is 38.3 Å². The first-order valence-corrected chi connectivity index (χ1v) is 6.55. The van der Waals surface area contributed by atoms with E-state index < -0.39 is 5.54 Å². The molecule has 1 unspecified atom stereocenters. The lowest BCUT2D eigenvalue weighted by atomic mass is 10.1. The number of ether oxygens (including phenoxy) is 1. The van der Waals surface area contributed by atoms with Crippen LogP contribution < -0.4 is 5.32 Å². The number of carbonyl (C=O) groups excluding carboxylic acids is 1. The predicted octanol–water partition coefficient (Wildman–Crippen LogP) is 2.06. The maximum Gasteiger partial charge on any atom is 0.326 e. The van der Waals surface area contributed by atoms with Crippen LogP contribution in [-0.2, 0) is 9.53 Å². The Morgan fingerprint density at radius 2 is 2.07 bits per heavy atom. The van der Waals surface area contributed by atoms with Gasteiger partial charge in [-0.25, -0.2) is 0 Å². The maximum absolute atomic E-state index is 11.8. The molecule has 0 heterocycles. The summed E-state index contributed by atoms with van der Waals surface area (Å²) in [6.45, 7) is 11.2. The number of likely N-dealkylation sites (N-methyl/N-ethyl adjacent to an activating group) is 1. The highest BCUT2D eigenvalue weighted by atomic mass is 32.2. The largest absolute Gasteiger partial charge is 0.465 e. The van der Waals surface area contributed by atoms with E-state index in [-0.39, 0.29) is 5.97 Å². The van der Waals surface area contributed by atoms with Gasteiger partial charge in [0.1, 0.15) is 5.54 Å². The molecule has 0 rings (SSSR count). The second-order valence-corrected chi connectivity index (χ2v) is 5.51. The summed E-state index contributed by atoms with van der Waals surface area (Å²) < 4.78 is 5.08. The van der Waals surface area contributed by atoms with Crippen molar-refractivity contribution in [2.24, 2.45) is 0 Å². The fourth-order valence-corrected chi connectivity index (χ4v) is 2.08. The molecule has 15 heavy (non-hydrogen) atoms. The lowest BCUT2D eigenvalue weighted by molar-refractivity contribution is -0.149. The van der Waals surface area contributed by atoms with Gasteiger partial charge in [0.2, 0.25) is 0 Å². The number of hydrogen-bond acceptors (Lipinski definition) is 4. The van der Waals surface area contributed by atoms with Gasteiger partial charge in [0.05, 0.1) is 6.61 Å². The van der Waals surface area contributed by atoms with E-state index in [2.05, 4.69) is 19.2 Å². The van der Waals surface area contributed by atoms with Crippen molar-refractivity contribution in [2.75, 3.05) is 18.9 Å². The summed E-state index contributed by atoms with van der Waals surface area (Å²) >= 11 is 1.77. The molecule has 0 fully saturated rings. The van der Waals surface area contributed by atoms with Gasteiger partial charge >= 0.3 is 5.97 Å². The molecule has 0 amide bonds. The molecule has 3 nitrogen and oxygen atoms in total. The fraction of sp³-hybridized carbons (Fsp3) is 0.909. The highest BCUT2D eigenvalue weighted by Crippen LogP contribution is 2.19. The molecule has 0 aromatic carbocycles. The van der Waals surface area contributed by atoms with Gasteiger partial charge in [-0.2, -0.15) is 11.8 Å². The minimum absolute atomic E-state index is 0.153. The molecule has 1 atom stereocenters. The van der Waals surface area contributed by atoms with Crippen LogP contribution in [0.3, 0.4) is 0 Å². The van der Waals surface area contributed by atoms with Crippen molar-refractivity contribution >= 4 is 17.7 Å². The van der Waals surface area contributed by atoms with E-state index in [0.717, 1.165) is 12.3 Å². The molecule has 0 bridgehead atoms. The van der Waals surface area contributed by atoms with Crippen molar-refractivity contribution in [3.63, 3.8) is 0 Å². The van der Waals surface area contributed by atoms with Gasteiger partial charge in [-0.05, 0) is 25.6 Å². The number of nitrogens with one attached hydrogen (secondary N) is 1. The molecule has 0 saturated heterocycles. The highest BCUT2D eigenvalue weighted by Gasteiger charge is 2.33. The van der Waals surface area contributed by atoms with Crippen LogP contribution in [0.25, 0.3) is 0 Å².